The minimum absolute atomic E-state index is 0.136. The molecule has 0 saturated carbocycles. The molecular weight excluding hydrogens is 296 g/mol. The minimum atomic E-state index is -4.89. The summed E-state index contributed by atoms with van der Waals surface area (Å²) < 4.78 is 51.5. The topological polar surface area (TPSA) is 98.1 Å². The van der Waals surface area contributed by atoms with Crippen LogP contribution in [0, 0.1) is 5.82 Å². The van der Waals surface area contributed by atoms with Gasteiger partial charge in [0.25, 0.3) is 0 Å². The van der Waals surface area contributed by atoms with Crippen molar-refractivity contribution in [3.8, 4) is 0 Å². The molecule has 0 amide bonds. The van der Waals surface area contributed by atoms with Crippen LogP contribution in [0.2, 0.25) is 0 Å². The summed E-state index contributed by atoms with van der Waals surface area (Å²) in [5.74, 6) is -2.68. The van der Waals surface area contributed by atoms with Gasteiger partial charge < -0.3 is 10.4 Å². The second kappa shape index (κ2) is 6.91. The van der Waals surface area contributed by atoms with Crippen molar-refractivity contribution < 1.29 is 27.5 Å². The van der Waals surface area contributed by atoms with E-state index in [2.05, 4.69) is 15.3 Å². The van der Waals surface area contributed by atoms with Crippen molar-refractivity contribution in [2.24, 2.45) is 5.11 Å². The molecule has 0 aromatic heterocycles. The highest BCUT2D eigenvalue weighted by Crippen LogP contribution is 2.35. The Kier molecular flexibility index (Phi) is 5.51. The second-order valence-electron chi connectivity index (χ2n) is 3.91. The van der Waals surface area contributed by atoms with Crippen LogP contribution < -0.4 is 5.32 Å². The minimum Gasteiger partial charge on any atom is -0.480 e. The maximum absolute atomic E-state index is 13.0. The largest absolute Gasteiger partial charge is 0.480 e. The molecule has 6 nitrogen and oxygen atoms in total. The van der Waals surface area contributed by atoms with Gasteiger partial charge in [0.2, 0.25) is 0 Å². The smallest absolute Gasteiger partial charge is 0.416 e. The Hall–Kier alpha value is -2.32. The van der Waals surface area contributed by atoms with Crippen molar-refractivity contribution in [1.82, 2.24) is 5.32 Å². The first-order valence-corrected chi connectivity index (χ1v) is 5.61. The highest BCUT2D eigenvalue weighted by molar-refractivity contribution is 5.76. The molecule has 0 fully saturated rings. The quantitative estimate of drug-likeness (QED) is 0.278. The van der Waals surface area contributed by atoms with E-state index in [1.807, 2.05) is 0 Å². The number of aliphatic carboxylic acids is 1. The molecule has 1 rings (SSSR count). The second-order valence-corrected chi connectivity index (χ2v) is 3.91. The van der Waals surface area contributed by atoms with Gasteiger partial charge in [0.05, 0.1) is 5.56 Å². The highest BCUT2D eigenvalue weighted by Gasteiger charge is 2.37. The molecule has 21 heavy (non-hydrogen) atoms. The number of benzene rings is 1. The first-order chi connectivity index (χ1) is 9.77. The lowest BCUT2D eigenvalue weighted by atomic mass is 9.99. The summed E-state index contributed by atoms with van der Waals surface area (Å²) >= 11 is 0. The number of nitrogens with one attached hydrogen (secondary N) is 1. The van der Waals surface area contributed by atoms with Gasteiger partial charge in [0.1, 0.15) is 11.9 Å². The number of azide groups is 1. The summed E-state index contributed by atoms with van der Waals surface area (Å²) in [6.07, 6.45) is -4.89. The van der Waals surface area contributed by atoms with Crippen LogP contribution in [-0.2, 0) is 11.0 Å². The number of hydrogen-bond donors (Lipinski definition) is 2. The fraction of sp³-hybridized carbons (Fsp3) is 0.364. The Labute approximate surface area is 116 Å². The van der Waals surface area contributed by atoms with Crippen LogP contribution in [0.1, 0.15) is 17.2 Å². The van der Waals surface area contributed by atoms with Crippen LogP contribution in [0.5, 0.6) is 0 Å². The summed E-state index contributed by atoms with van der Waals surface area (Å²) in [6.45, 7) is -0.279. The van der Waals surface area contributed by atoms with Crippen molar-refractivity contribution >= 4 is 5.97 Å². The SMILES string of the molecule is [N-]=[N+]=NCCNC(C(=O)O)c1ccc(F)cc1C(F)(F)F. The van der Waals surface area contributed by atoms with Gasteiger partial charge in [-0.05, 0) is 23.2 Å². The molecule has 1 aromatic carbocycles. The van der Waals surface area contributed by atoms with Crippen LogP contribution in [0.25, 0.3) is 10.4 Å². The molecule has 0 radical (unpaired) electrons. The summed E-state index contributed by atoms with van der Waals surface area (Å²) in [5, 5.41) is 14.5. The number of nitrogens with zero attached hydrogens (tertiary/aromatic N) is 3. The zero-order valence-corrected chi connectivity index (χ0v) is 10.4. The van der Waals surface area contributed by atoms with Crippen molar-refractivity contribution in [1.29, 1.82) is 0 Å². The van der Waals surface area contributed by atoms with E-state index in [1.54, 1.807) is 0 Å². The number of carboxylic acids is 1. The molecular formula is C11H10F4N4O2. The standard InChI is InChI=1S/C11H10F4N4O2/c12-6-1-2-7(8(5-6)11(13,14)15)9(10(20)21)17-3-4-18-19-16/h1-2,5,9,17H,3-4H2,(H,20,21). The maximum Gasteiger partial charge on any atom is 0.416 e. The Morgan fingerprint density at radius 3 is 2.67 bits per heavy atom. The summed E-state index contributed by atoms with van der Waals surface area (Å²) in [5.41, 5.74) is 6.08. The number of carbonyl (C=O) groups is 1. The predicted molar refractivity (Wildman–Crippen MR) is 63.8 cm³/mol. The van der Waals surface area contributed by atoms with Gasteiger partial charge in [-0.25, -0.2) is 4.39 Å². The molecule has 0 aliphatic heterocycles. The third-order valence-electron chi connectivity index (χ3n) is 2.50. The molecule has 0 bridgehead atoms. The molecule has 10 heteroatoms. The van der Waals surface area contributed by atoms with Crippen molar-refractivity contribution in [3.63, 3.8) is 0 Å². The average molecular weight is 306 g/mol. The molecule has 0 aliphatic carbocycles. The first-order valence-electron chi connectivity index (χ1n) is 5.61. The van der Waals surface area contributed by atoms with E-state index in [-0.39, 0.29) is 19.2 Å². The zero-order chi connectivity index (χ0) is 16.0. The van der Waals surface area contributed by atoms with Gasteiger partial charge in [-0.15, -0.1) is 0 Å². The molecule has 2 N–H and O–H groups in total. The lowest BCUT2D eigenvalue weighted by molar-refractivity contribution is -0.142. The van der Waals surface area contributed by atoms with Gasteiger partial charge in [-0.1, -0.05) is 11.2 Å². The van der Waals surface area contributed by atoms with E-state index < -0.39 is 35.1 Å². The van der Waals surface area contributed by atoms with E-state index in [4.69, 9.17) is 10.6 Å². The monoisotopic (exact) mass is 306 g/mol. The van der Waals surface area contributed by atoms with E-state index in [0.717, 1.165) is 12.1 Å². The van der Waals surface area contributed by atoms with Crippen LogP contribution in [-0.4, -0.2) is 24.2 Å². The van der Waals surface area contributed by atoms with Crippen molar-refractivity contribution in [2.75, 3.05) is 13.1 Å². The van der Waals surface area contributed by atoms with Crippen LogP contribution in [0.15, 0.2) is 23.3 Å². The normalized spacial score (nSPS) is 12.6. The fourth-order valence-electron chi connectivity index (χ4n) is 1.66. The molecule has 114 valence electrons. The molecule has 1 unspecified atom stereocenters. The number of hydrogen-bond acceptors (Lipinski definition) is 3. The fourth-order valence-corrected chi connectivity index (χ4v) is 1.66. The van der Waals surface area contributed by atoms with Gasteiger partial charge in [0.15, 0.2) is 0 Å². The molecule has 0 heterocycles. The van der Waals surface area contributed by atoms with Crippen LogP contribution in [0.3, 0.4) is 0 Å². The van der Waals surface area contributed by atoms with E-state index in [9.17, 15) is 22.4 Å². The Bertz CT molecular complexity index is 570. The van der Waals surface area contributed by atoms with Gasteiger partial charge in [0, 0.05) is 18.0 Å². The predicted octanol–water partition coefficient (Wildman–Crippen LogP) is 2.87. The Morgan fingerprint density at radius 2 is 2.14 bits per heavy atom. The molecule has 0 spiro atoms. The van der Waals surface area contributed by atoms with E-state index in [0.29, 0.717) is 0 Å². The maximum atomic E-state index is 13.0. The Balaban J connectivity index is 3.13. The lowest BCUT2D eigenvalue weighted by Crippen LogP contribution is -2.32. The first kappa shape index (κ1) is 16.7. The Morgan fingerprint density at radius 1 is 1.48 bits per heavy atom. The number of alkyl halides is 3. The van der Waals surface area contributed by atoms with Gasteiger partial charge in [-0.2, -0.15) is 13.2 Å². The van der Waals surface area contributed by atoms with Crippen molar-refractivity contribution in [2.45, 2.75) is 12.2 Å². The van der Waals surface area contributed by atoms with Crippen LogP contribution in [0.4, 0.5) is 17.6 Å². The summed E-state index contributed by atoms with van der Waals surface area (Å²) in [7, 11) is 0. The number of rotatable bonds is 6. The molecule has 0 aliphatic rings. The van der Waals surface area contributed by atoms with Gasteiger partial charge >= 0.3 is 12.1 Å². The third kappa shape index (κ3) is 4.62. The van der Waals surface area contributed by atoms with Crippen LogP contribution >= 0.6 is 0 Å². The lowest BCUT2D eigenvalue weighted by Gasteiger charge is -2.19. The zero-order valence-electron chi connectivity index (χ0n) is 10.4. The molecule has 0 saturated heterocycles. The number of halogens is 4. The third-order valence-corrected chi connectivity index (χ3v) is 2.50. The molecule has 1 aromatic rings. The summed E-state index contributed by atoms with van der Waals surface area (Å²) in [6, 6.07) is 0.0455. The average Bonchev–Trinajstić information content (AvgIpc) is 2.38. The summed E-state index contributed by atoms with van der Waals surface area (Å²) in [4.78, 5) is 13.5. The molecule has 1 atom stereocenters. The van der Waals surface area contributed by atoms with E-state index >= 15 is 0 Å². The number of carboxylic acid groups (broad SMARTS) is 1. The van der Waals surface area contributed by atoms with Gasteiger partial charge in [-0.3, -0.25) is 4.79 Å². The van der Waals surface area contributed by atoms with Crippen molar-refractivity contribution in [3.05, 3.63) is 45.6 Å². The highest BCUT2D eigenvalue weighted by atomic mass is 19.4. The van der Waals surface area contributed by atoms with E-state index in [1.165, 1.54) is 0 Å².